The van der Waals surface area contributed by atoms with Gasteiger partial charge in [0.25, 0.3) is 0 Å². The molecule has 0 bridgehead atoms. The predicted octanol–water partition coefficient (Wildman–Crippen LogP) is 3.88. The van der Waals surface area contributed by atoms with Crippen LogP contribution in [0.2, 0.25) is 0 Å². The van der Waals surface area contributed by atoms with Crippen molar-refractivity contribution in [1.29, 1.82) is 0 Å². The Hall–Kier alpha value is -0.510. The number of nitrogens with zero attached hydrogens (tertiary/aromatic N) is 1. The van der Waals surface area contributed by atoms with Crippen LogP contribution in [0.25, 0.3) is 0 Å². The van der Waals surface area contributed by atoms with Crippen molar-refractivity contribution in [2.24, 2.45) is 5.41 Å². The topological polar surface area (TPSA) is 15.3 Å². The fraction of sp³-hybridized carbons (Fsp3) is 0.667. The van der Waals surface area contributed by atoms with Gasteiger partial charge in [-0.3, -0.25) is 4.90 Å². The molecule has 2 atom stereocenters. The van der Waals surface area contributed by atoms with E-state index in [-0.39, 0.29) is 0 Å². The van der Waals surface area contributed by atoms with Crippen molar-refractivity contribution < 1.29 is 0 Å². The van der Waals surface area contributed by atoms with Crippen molar-refractivity contribution >= 4 is 11.8 Å². The Labute approximate surface area is 134 Å². The van der Waals surface area contributed by atoms with Gasteiger partial charge in [0.05, 0.1) is 0 Å². The van der Waals surface area contributed by atoms with Crippen LogP contribution in [0.5, 0.6) is 0 Å². The minimum atomic E-state index is 0.337. The van der Waals surface area contributed by atoms with Crippen LogP contribution in [0, 0.1) is 5.41 Å². The molecule has 1 aliphatic rings. The van der Waals surface area contributed by atoms with Crippen molar-refractivity contribution in [3.05, 3.63) is 30.3 Å². The first-order valence-corrected chi connectivity index (χ1v) is 9.14. The Bertz CT molecular complexity index is 413. The van der Waals surface area contributed by atoms with E-state index in [2.05, 4.69) is 68.2 Å². The number of nitrogens with one attached hydrogen (secondary N) is 1. The minimum absolute atomic E-state index is 0.337. The number of hydrogen-bond donors (Lipinski definition) is 1. The molecule has 1 N–H and O–H groups in total. The molecule has 0 saturated carbocycles. The van der Waals surface area contributed by atoms with Gasteiger partial charge in [-0.2, -0.15) is 0 Å². The Balaban J connectivity index is 1.86. The monoisotopic (exact) mass is 306 g/mol. The van der Waals surface area contributed by atoms with Crippen LogP contribution in [0.4, 0.5) is 0 Å². The molecule has 21 heavy (non-hydrogen) atoms. The highest BCUT2D eigenvalue weighted by Crippen LogP contribution is 2.25. The van der Waals surface area contributed by atoms with E-state index in [0.29, 0.717) is 17.5 Å². The average Bonchev–Trinajstić information content (AvgIpc) is 2.47. The zero-order chi connectivity index (χ0) is 15.3. The molecule has 0 aromatic heterocycles. The summed E-state index contributed by atoms with van der Waals surface area (Å²) >= 11 is 1.97. The zero-order valence-electron chi connectivity index (χ0n) is 13.9. The lowest BCUT2D eigenvalue weighted by atomic mass is 9.84. The summed E-state index contributed by atoms with van der Waals surface area (Å²) in [6, 6.07) is 12.0. The van der Waals surface area contributed by atoms with Gasteiger partial charge in [0.2, 0.25) is 0 Å². The van der Waals surface area contributed by atoms with E-state index in [1.165, 1.54) is 30.2 Å². The molecule has 1 aromatic carbocycles. The molecule has 2 unspecified atom stereocenters. The third kappa shape index (κ3) is 5.01. The van der Waals surface area contributed by atoms with Gasteiger partial charge < -0.3 is 5.32 Å². The van der Waals surface area contributed by atoms with E-state index in [1.54, 1.807) is 0 Å². The van der Waals surface area contributed by atoms with Gasteiger partial charge in [0.1, 0.15) is 0 Å². The molecule has 118 valence electrons. The standard InChI is InChI=1S/C18H30N2S/c1-5-15-13-19-17(18(2,3)4)14-20(15)11-12-21-16-9-7-6-8-10-16/h6-10,15,17,19H,5,11-14H2,1-4H3. The van der Waals surface area contributed by atoms with Crippen LogP contribution in [0.3, 0.4) is 0 Å². The van der Waals surface area contributed by atoms with Gasteiger partial charge in [0, 0.05) is 42.4 Å². The molecular weight excluding hydrogens is 276 g/mol. The first kappa shape index (κ1) is 16.9. The molecular formula is C18H30N2S. The van der Waals surface area contributed by atoms with Gasteiger partial charge >= 0.3 is 0 Å². The van der Waals surface area contributed by atoms with Crippen LogP contribution in [0.15, 0.2) is 35.2 Å². The maximum Gasteiger partial charge on any atom is 0.0244 e. The van der Waals surface area contributed by atoms with Crippen LogP contribution in [0.1, 0.15) is 34.1 Å². The van der Waals surface area contributed by atoms with Crippen molar-refractivity contribution in [3.8, 4) is 0 Å². The molecule has 1 aromatic rings. The van der Waals surface area contributed by atoms with Crippen LogP contribution in [-0.2, 0) is 0 Å². The van der Waals surface area contributed by atoms with E-state index in [1.807, 2.05) is 11.8 Å². The molecule has 2 nitrogen and oxygen atoms in total. The second-order valence-corrected chi connectivity index (χ2v) is 8.21. The molecule has 1 saturated heterocycles. The third-order valence-electron chi connectivity index (χ3n) is 4.44. The Morgan fingerprint density at radius 3 is 2.57 bits per heavy atom. The summed E-state index contributed by atoms with van der Waals surface area (Å²) in [5, 5.41) is 3.75. The van der Waals surface area contributed by atoms with Gasteiger partial charge in [-0.1, -0.05) is 45.9 Å². The molecule has 0 radical (unpaired) electrons. The minimum Gasteiger partial charge on any atom is -0.311 e. The Kier molecular flexibility index (Phi) is 6.15. The Morgan fingerprint density at radius 1 is 1.24 bits per heavy atom. The van der Waals surface area contributed by atoms with Crippen molar-refractivity contribution in [2.75, 3.05) is 25.4 Å². The maximum absolute atomic E-state index is 3.75. The van der Waals surface area contributed by atoms with Gasteiger partial charge in [-0.15, -0.1) is 11.8 Å². The summed E-state index contributed by atoms with van der Waals surface area (Å²) in [5.41, 5.74) is 0.337. The van der Waals surface area contributed by atoms with E-state index in [4.69, 9.17) is 0 Å². The maximum atomic E-state index is 3.75. The van der Waals surface area contributed by atoms with E-state index in [0.717, 1.165) is 6.54 Å². The number of benzene rings is 1. The van der Waals surface area contributed by atoms with Crippen molar-refractivity contribution in [2.45, 2.75) is 51.1 Å². The lowest BCUT2D eigenvalue weighted by Crippen LogP contribution is -2.60. The summed E-state index contributed by atoms with van der Waals surface area (Å²) in [6.45, 7) is 12.8. The predicted molar refractivity (Wildman–Crippen MR) is 94.1 cm³/mol. The summed E-state index contributed by atoms with van der Waals surface area (Å²) < 4.78 is 0. The van der Waals surface area contributed by atoms with E-state index >= 15 is 0 Å². The third-order valence-corrected chi connectivity index (χ3v) is 5.43. The molecule has 3 heteroatoms. The summed E-state index contributed by atoms with van der Waals surface area (Å²) in [7, 11) is 0. The molecule has 1 heterocycles. The molecule has 2 rings (SSSR count). The SMILES string of the molecule is CCC1CNC(C(C)(C)C)CN1CCSc1ccccc1. The fourth-order valence-corrected chi connectivity index (χ4v) is 3.82. The van der Waals surface area contributed by atoms with E-state index < -0.39 is 0 Å². The first-order valence-electron chi connectivity index (χ1n) is 8.16. The lowest BCUT2D eigenvalue weighted by molar-refractivity contribution is 0.0893. The lowest BCUT2D eigenvalue weighted by Gasteiger charge is -2.45. The number of piperazine rings is 1. The number of hydrogen-bond acceptors (Lipinski definition) is 3. The average molecular weight is 307 g/mol. The van der Waals surface area contributed by atoms with E-state index in [9.17, 15) is 0 Å². The van der Waals surface area contributed by atoms with Crippen molar-refractivity contribution in [3.63, 3.8) is 0 Å². The van der Waals surface area contributed by atoms with Gasteiger partial charge in [-0.25, -0.2) is 0 Å². The molecule has 0 amide bonds. The van der Waals surface area contributed by atoms with Crippen LogP contribution in [-0.4, -0.2) is 42.4 Å². The quantitative estimate of drug-likeness (QED) is 0.831. The highest BCUT2D eigenvalue weighted by Gasteiger charge is 2.32. The van der Waals surface area contributed by atoms with Gasteiger partial charge in [-0.05, 0) is 24.0 Å². The highest BCUT2D eigenvalue weighted by atomic mass is 32.2. The largest absolute Gasteiger partial charge is 0.311 e. The zero-order valence-corrected chi connectivity index (χ0v) is 14.7. The van der Waals surface area contributed by atoms with Crippen LogP contribution < -0.4 is 5.32 Å². The number of rotatable bonds is 5. The molecule has 1 aliphatic heterocycles. The van der Waals surface area contributed by atoms with Crippen LogP contribution >= 0.6 is 11.8 Å². The summed E-state index contributed by atoms with van der Waals surface area (Å²) in [5.74, 6) is 1.18. The smallest absolute Gasteiger partial charge is 0.0244 e. The second-order valence-electron chi connectivity index (χ2n) is 7.05. The molecule has 1 fully saturated rings. The van der Waals surface area contributed by atoms with Crippen molar-refractivity contribution in [1.82, 2.24) is 10.2 Å². The molecule has 0 spiro atoms. The highest BCUT2D eigenvalue weighted by molar-refractivity contribution is 7.99. The first-order chi connectivity index (χ1) is 10.0. The fourth-order valence-electron chi connectivity index (χ4n) is 2.91. The summed E-state index contributed by atoms with van der Waals surface area (Å²) in [4.78, 5) is 4.08. The Morgan fingerprint density at radius 2 is 1.95 bits per heavy atom. The molecule has 0 aliphatic carbocycles. The number of thioether (sulfide) groups is 1. The second kappa shape index (κ2) is 7.66. The normalized spacial score (nSPS) is 24.2. The summed E-state index contributed by atoms with van der Waals surface area (Å²) in [6.07, 6.45) is 1.24. The van der Waals surface area contributed by atoms with Gasteiger partial charge in [0.15, 0.2) is 0 Å².